The quantitative estimate of drug-likeness (QED) is 0.459. The van der Waals surface area contributed by atoms with Crippen molar-refractivity contribution in [2.24, 2.45) is 5.92 Å². The zero-order valence-corrected chi connectivity index (χ0v) is 20.9. The highest BCUT2D eigenvalue weighted by Gasteiger charge is 2.31. The van der Waals surface area contributed by atoms with Crippen LogP contribution in [0.15, 0.2) is 83.8 Å². The van der Waals surface area contributed by atoms with Crippen molar-refractivity contribution in [1.29, 1.82) is 0 Å². The van der Waals surface area contributed by atoms with E-state index in [1.54, 1.807) is 30.3 Å². The van der Waals surface area contributed by atoms with E-state index >= 15 is 0 Å². The Labute approximate surface area is 210 Å². The van der Waals surface area contributed by atoms with Crippen molar-refractivity contribution in [2.75, 3.05) is 23.1 Å². The number of rotatable bonds is 8. The van der Waals surface area contributed by atoms with Gasteiger partial charge in [0.1, 0.15) is 5.82 Å². The van der Waals surface area contributed by atoms with Gasteiger partial charge in [0, 0.05) is 30.4 Å². The van der Waals surface area contributed by atoms with Gasteiger partial charge in [0.25, 0.3) is 10.0 Å². The molecule has 4 rings (SSSR count). The van der Waals surface area contributed by atoms with Crippen molar-refractivity contribution in [3.05, 3.63) is 90.2 Å². The fourth-order valence-corrected chi connectivity index (χ4v) is 6.58. The van der Waals surface area contributed by atoms with Crippen LogP contribution in [-0.4, -0.2) is 40.1 Å². The number of para-hydroxylation sites is 1. The number of nitrogens with one attached hydrogen (secondary N) is 2. The molecule has 0 bridgehead atoms. The van der Waals surface area contributed by atoms with Gasteiger partial charge >= 0.3 is 0 Å². The molecule has 0 spiro atoms. The lowest BCUT2D eigenvalue weighted by Gasteiger charge is -2.30. The summed E-state index contributed by atoms with van der Waals surface area (Å²) in [6.45, 7) is 0.425. The van der Waals surface area contributed by atoms with Gasteiger partial charge < -0.3 is 5.32 Å². The minimum atomic E-state index is -3.77. The Morgan fingerprint density at radius 3 is 2.06 bits per heavy atom. The van der Waals surface area contributed by atoms with Crippen LogP contribution in [0.2, 0.25) is 0 Å². The molecule has 190 valence electrons. The molecule has 3 aromatic carbocycles. The molecule has 1 aliphatic heterocycles. The van der Waals surface area contributed by atoms with E-state index in [-0.39, 0.29) is 35.6 Å². The molecule has 0 aromatic heterocycles. The lowest BCUT2D eigenvalue weighted by atomic mass is 9.97. The van der Waals surface area contributed by atoms with Crippen molar-refractivity contribution >= 4 is 37.3 Å². The van der Waals surface area contributed by atoms with Gasteiger partial charge in [-0.25, -0.2) is 25.5 Å². The Morgan fingerprint density at radius 1 is 0.833 bits per heavy atom. The van der Waals surface area contributed by atoms with Crippen molar-refractivity contribution in [3.8, 4) is 0 Å². The standard InChI is InChI=1S/C25H26FN3O5S2/c26-21-8-6-19(7-9-21)18-35(31,32)29-16-14-20(15-17-29)25(30)27-22-10-12-24(13-11-22)36(33,34)28-23-4-2-1-3-5-23/h1-13,20,28H,14-18H2,(H,27,30). The van der Waals surface area contributed by atoms with Crippen LogP contribution in [0, 0.1) is 11.7 Å². The smallest absolute Gasteiger partial charge is 0.261 e. The normalized spacial score (nSPS) is 15.4. The van der Waals surface area contributed by atoms with E-state index in [9.17, 15) is 26.0 Å². The molecule has 11 heteroatoms. The molecule has 0 saturated carbocycles. The fourth-order valence-electron chi connectivity index (χ4n) is 3.96. The van der Waals surface area contributed by atoms with Crippen LogP contribution in [0.5, 0.6) is 0 Å². The van der Waals surface area contributed by atoms with Crippen molar-refractivity contribution in [3.63, 3.8) is 0 Å². The molecule has 1 aliphatic rings. The second kappa shape index (κ2) is 10.8. The third-order valence-electron chi connectivity index (χ3n) is 5.94. The first-order valence-electron chi connectivity index (χ1n) is 11.3. The summed E-state index contributed by atoms with van der Waals surface area (Å²) >= 11 is 0. The van der Waals surface area contributed by atoms with E-state index in [1.807, 2.05) is 0 Å². The largest absolute Gasteiger partial charge is 0.326 e. The predicted molar refractivity (Wildman–Crippen MR) is 136 cm³/mol. The van der Waals surface area contributed by atoms with Gasteiger partial charge in [0.05, 0.1) is 10.6 Å². The second-order valence-electron chi connectivity index (χ2n) is 8.54. The molecular weight excluding hydrogens is 505 g/mol. The molecule has 1 amide bonds. The Bertz CT molecular complexity index is 1400. The predicted octanol–water partition coefficient (Wildman–Crippen LogP) is 3.81. The molecule has 0 atom stereocenters. The molecule has 1 fully saturated rings. The number of halogens is 1. The molecule has 2 N–H and O–H groups in total. The second-order valence-corrected chi connectivity index (χ2v) is 12.2. The minimum Gasteiger partial charge on any atom is -0.326 e. The maximum Gasteiger partial charge on any atom is 0.261 e. The van der Waals surface area contributed by atoms with Crippen LogP contribution in [0.25, 0.3) is 0 Å². The van der Waals surface area contributed by atoms with Crippen LogP contribution >= 0.6 is 0 Å². The number of carbonyl (C=O) groups excluding carboxylic acids is 1. The topological polar surface area (TPSA) is 113 Å². The zero-order chi connectivity index (χ0) is 25.8. The highest BCUT2D eigenvalue weighted by atomic mass is 32.2. The number of hydrogen-bond donors (Lipinski definition) is 2. The van der Waals surface area contributed by atoms with E-state index in [0.717, 1.165) is 0 Å². The van der Waals surface area contributed by atoms with Gasteiger partial charge in [-0.15, -0.1) is 0 Å². The molecule has 1 saturated heterocycles. The molecule has 3 aromatic rings. The molecule has 0 aliphatic carbocycles. The number of sulfonamides is 2. The SMILES string of the molecule is O=C(Nc1ccc(S(=O)(=O)Nc2ccccc2)cc1)C1CCN(S(=O)(=O)Cc2ccc(F)cc2)CC1. The van der Waals surface area contributed by atoms with Crippen LogP contribution < -0.4 is 10.0 Å². The number of benzene rings is 3. The van der Waals surface area contributed by atoms with Crippen molar-refractivity contribution < 1.29 is 26.0 Å². The summed E-state index contributed by atoms with van der Waals surface area (Å²) in [7, 11) is -7.35. The summed E-state index contributed by atoms with van der Waals surface area (Å²) in [5.41, 5.74) is 1.40. The monoisotopic (exact) mass is 531 g/mol. The first-order valence-corrected chi connectivity index (χ1v) is 14.4. The number of carbonyl (C=O) groups is 1. The molecule has 36 heavy (non-hydrogen) atoms. The fraction of sp³-hybridized carbons (Fsp3) is 0.240. The summed E-state index contributed by atoms with van der Waals surface area (Å²) in [6.07, 6.45) is 0.726. The number of piperidine rings is 1. The van der Waals surface area contributed by atoms with E-state index in [4.69, 9.17) is 0 Å². The third-order valence-corrected chi connectivity index (χ3v) is 9.19. The molecule has 8 nitrogen and oxygen atoms in total. The first-order chi connectivity index (χ1) is 17.1. The van der Waals surface area contributed by atoms with Crippen molar-refractivity contribution in [1.82, 2.24) is 4.31 Å². The maximum absolute atomic E-state index is 13.1. The molecular formula is C25H26FN3O5S2. The molecule has 1 heterocycles. The van der Waals surface area contributed by atoms with Gasteiger partial charge in [0.15, 0.2) is 0 Å². The van der Waals surface area contributed by atoms with E-state index < -0.39 is 25.9 Å². The van der Waals surface area contributed by atoms with Gasteiger partial charge in [-0.05, 0) is 66.9 Å². The van der Waals surface area contributed by atoms with Crippen LogP contribution in [0.4, 0.5) is 15.8 Å². The number of nitrogens with zero attached hydrogens (tertiary/aromatic N) is 1. The van der Waals surface area contributed by atoms with Gasteiger partial charge in [-0.1, -0.05) is 30.3 Å². The average molecular weight is 532 g/mol. The summed E-state index contributed by atoms with van der Waals surface area (Å²) < 4.78 is 67.5. The zero-order valence-electron chi connectivity index (χ0n) is 19.3. The highest BCUT2D eigenvalue weighted by Crippen LogP contribution is 2.24. The Hall–Kier alpha value is -3.28. The lowest BCUT2D eigenvalue weighted by Crippen LogP contribution is -2.41. The highest BCUT2D eigenvalue weighted by molar-refractivity contribution is 7.92. The van der Waals surface area contributed by atoms with Crippen LogP contribution in [0.1, 0.15) is 18.4 Å². The molecule has 0 radical (unpaired) electrons. The average Bonchev–Trinajstić information content (AvgIpc) is 2.86. The van der Waals surface area contributed by atoms with Crippen LogP contribution in [-0.2, 0) is 30.6 Å². The van der Waals surface area contributed by atoms with E-state index in [1.165, 1.54) is 52.8 Å². The minimum absolute atomic E-state index is 0.0593. The van der Waals surface area contributed by atoms with Gasteiger partial charge in [-0.2, -0.15) is 0 Å². The first kappa shape index (κ1) is 25.8. The Balaban J connectivity index is 1.31. The Morgan fingerprint density at radius 2 is 1.44 bits per heavy atom. The summed E-state index contributed by atoms with van der Waals surface area (Å²) in [5.74, 6) is -1.27. The van der Waals surface area contributed by atoms with Gasteiger partial charge in [0.2, 0.25) is 15.9 Å². The van der Waals surface area contributed by atoms with E-state index in [2.05, 4.69) is 10.0 Å². The van der Waals surface area contributed by atoms with E-state index in [0.29, 0.717) is 29.8 Å². The summed E-state index contributed by atoms with van der Waals surface area (Å²) in [5, 5.41) is 2.78. The molecule has 0 unspecified atom stereocenters. The van der Waals surface area contributed by atoms with Crippen molar-refractivity contribution in [2.45, 2.75) is 23.5 Å². The van der Waals surface area contributed by atoms with Crippen LogP contribution in [0.3, 0.4) is 0 Å². The summed E-state index contributed by atoms with van der Waals surface area (Å²) in [4.78, 5) is 12.8. The number of hydrogen-bond acceptors (Lipinski definition) is 5. The summed E-state index contributed by atoms with van der Waals surface area (Å²) in [6, 6.07) is 19.7. The lowest BCUT2D eigenvalue weighted by molar-refractivity contribution is -0.120. The number of amides is 1. The third kappa shape index (κ3) is 6.48. The maximum atomic E-state index is 13.1. The van der Waals surface area contributed by atoms with Gasteiger partial charge in [-0.3, -0.25) is 9.52 Å². The Kier molecular flexibility index (Phi) is 7.72. The number of anilines is 2.